The number of carbonyl (C=O) groups excluding carboxylic acids is 1. The van der Waals surface area contributed by atoms with Crippen LogP contribution in [0.4, 0.5) is 4.79 Å². The molecular formula is C15H33NO5Si. The highest BCUT2D eigenvalue weighted by molar-refractivity contribution is 6.74. The van der Waals surface area contributed by atoms with E-state index < -0.39 is 32.8 Å². The van der Waals surface area contributed by atoms with Crippen molar-refractivity contribution >= 4 is 14.4 Å². The molecule has 1 amide bonds. The van der Waals surface area contributed by atoms with Crippen LogP contribution in [-0.4, -0.2) is 61.1 Å². The quantitative estimate of drug-likeness (QED) is 0.576. The topological polar surface area (TPSA) is 79.2 Å². The van der Waals surface area contributed by atoms with Crippen molar-refractivity contribution in [3.05, 3.63) is 0 Å². The average Bonchev–Trinajstić information content (AvgIpc) is 2.30. The Morgan fingerprint density at radius 2 is 1.64 bits per heavy atom. The predicted molar refractivity (Wildman–Crippen MR) is 89.2 cm³/mol. The van der Waals surface area contributed by atoms with Crippen LogP contribution in [0.25, 0.3) is 0 Å². The molecule has 0 aromatic rings. The highest BCUT2D eigenvalue weighted by atomic mass is 28.4. The molecule has 7 heteroatoms. The molecule has 1 atom stereocenters. The molecule has 0 aromatic carbocycles. The first-order chi connectivity index (χ1) is 9.75. The fourth-order valence-electron chi connectivity index (χ4n) is 1.41. The third kappa shape index (κ3) is 6.64. The number of aliphatic hydroxyl groups is 2. The van der Waals surface area contributed by atoms with Gasteiger partial charge in [-0.3, -0.25) is 4.90 Å². The van der Waals surface area contributed by atoms with Crippen molar-refractivity contribution in [2.75, 3.05) is 19.9 Å². The van der Waals surface area contributed by atoms with Crippen molar-refractivity contribution in [1.82, 2.24) is 4.90 Å². The van der Waals surface area contributed by atoms with Gasteiger partial charge < -0.3 is 19.4 Å². The van der Waals surface area contributed by atoms with Gasteiger partial charge in [0, 0.05) is 0 Å². The maximum absolute atomic E-state index is 12.1. The molecule has 0 spiro atoms. The number of nitrogens with zero attached hydrogens (tertiary/aromatic N) is 1. The van der Waals surface area contributed by atoms with Crippen molar-refractivity contribution in [3.8, 4) is 0 Å². The highest BCUT2D eigenvalue weighted by Crippen LogP contribution is 2.36. The summed E-state index contributed by atoms with van der Waals surface area (Å²) >= 11 is 0. The Bertz CT molecular complexity index is 360. The van der Waals surface area contributed by atoms with Crippen molar-refractivity contribution in [2.24, 2.45) is 0 Å². The van der Waals surface area contributed by atoms with E-state index in [1.165, 1.54) is 0 Å². The SMILES string of the molecule is CC(C)(C)OC(=O)N(CO)[C@H](CO)CO[Si](C)(C)C(C)(C)C. The van der Waals surface area contributed by atoms with E-state index >= 15 is 0 Å². The van der Waals surface area contributed by atoms with Crippen molar-refractivity contribution in [2.45, 2.75) is 71.3 Å². The van der Waals surface area contributed by atoms with Gasteiger partial charge >= 0.3 is 6.09 Å². The summed E-state index contributed by atoms with van der Waals surface area (Å²) in [6.45, 7) is 15.1. The summed E-state index contributed by atoms with van der Waals surface area (Å²) in [5.74, 6) is 0. The monoisotopic (exact) mass is 335 g/mol. The molecule has 0 rings (SSSR count). The molecule has 22 heavy (non-hydrogen) atoms. The van der Waals surface area contributed by atoms with Gasteiger partial charge in [0.1, 0.15) is 12.3 Å². The van der Waals surface area contributed by atoms with E-state index in [1.54, 1.807) is 20.8 Å². The summed E-state index contributed by atoms with van der Waals surface area (Å²) in [4.78, 5) is 13.2. The molecule has 0 bridgehead atoms. The number of carbonyl (C=O) groups is 1. The lowest BCUT2D eigenvalue weighted by atomic mass is 10.2. The first kappa shape index (κ1) is 21.4. The zero-order valence-corrected chi connectivity index (χ0v) is 16.3. The first-order valence-corrected chi connectivity index (χ1v) is 10.5. The van der Waals surface area contributed by atoms with E-state index in [1.807, 2.05) is 0 Å². The largest absolute Gasteiger partial charge is 0.444 e. The zero-order chi connectivity index (χ0) is 17.8. The summed E-state index contributed by atoms with van der Waals surface area (Å²) in [5, 5.41) is 19.0. The minimum atomic E-state index is -2.00. The third-order valence-corrected chi connectivity index (χ3v) is 8.38. The summed E-state index contributed by atoms with van der Waals surface area (Å²) in [5.41, 5.74) is -0.662. The molecule has 0 unspecified atom stereocenters. The van der Waals surface area contributed by atoms with Gasteiger partial charge in [-0.25, -0.2) is 4.79 Å². The molecule has 6 nitrogen and oxygen atoms in total. The zero-order valence-electron chi connectivity index (χ0n) is 15.3. The number of ether oxygens (including phenoxy) is 1. The lowest BCUT2D eigenvalue weighted by molar-refractivity contribution is -0.0239. The van der Waals surface area contributed by atoms with E-state index in [0.29, 0.717) is 0 Å². The normalized spacial score (nSPS) is 14.6. The molecular weight excluding hydrogens is 302 g/mol. The lowest BCUT2D eigenvalue weighted by Gasteiger charge is -2.38. The molecule has 0 saturated heterocycles. The van der Waals surface area contributed by atoms with Gasteiger partial charge in [-0.15, -0.1) is 0 Å². The van der Waals surface area contributed by atoms with Gasteiger partial charge in [-0.05, 0) is 38.9 Å². The minimum absolute atomic E-state index is 0.0307. The summed E-state index contributed by atoms with van der Waals surface area (Å²) in [7, 11) is -2.00. The van der Waals surface area contributed by atoms with Crippen LogP contribution in [0.2, 0.25) is 18.1 Å². The number of hydrogen-bond donors (Lipinski definition) is 2. The molecule has 0 radical (unpaired) electrons. The number of amides is 1. The second-order valence-corrected chi connectivity index (χ2v) is 12.8. The molecule has 132 valence electrons. The van der Waals surface area contributed by atoms with Crippen LogP contribution < -0.4 is 0 Å². The van der Waals surface area contributed by atoms with Crippen LogP contribution in [0.15, 0.2) is 0 Å². The Labute approximate surface area is 135 Å². The van der Waals surface area contributed by atoms with E-state index in [4.69, 9.17) is 9.16 Å². The second kappa shape index (κ2) is 7.76. The van der Waals surface area contributed by atoms with Gasteiger partial charge in [-0.2, -0.15) is 0 Å². The first-order valence-electron chi connectivity index (χ1n) is 7.60. The van der Waals surface area contributed by atoms with Gasteiger partial charge in [-0.1, -0.05) is 20.8 Å². The van der Waals surface area contributed by atoms with Crippen LogP contribution in [0.3, 0.4) is 0 Å². The Morgan fingerprint density at radius 3 is 1.95 bits per heavy atom. The third-order valence-electron chi connectivity index (χ3n) is 3.87. The smallest absolute Gasteiger partial charge is 0.412 e. The van der Waals surface area contributed by atoms with E-state index in [0.717, 1.165) is 4.90 Å². The van der Waals surface area contributed by atoms with E-state index in [2.05, 4.69) is 33.9 Å². The van der Waals surface area contributed by atoms with E-state index in [9.17, 15) is 15.0 Å². The van der Waals surface area contributed by atoms with Crippen LogP contribution >= 0.6 is 0 Å². The van der Waals surface area contributed by atoms with E-state index in [-0.39, 0.29) is 18.3 Å². The Balaban J connectivity index is 4.89. The minimum Gasteiger partial charge on any atom is -0.444 e. The van der Waals surface area contributed by atoms with Crippen LogP contribution in [0.1, 0.15) is 41.5 Å². The maximum Gasteiger partial charge on any atom is 0.412 e. The molecule has 2 N–H and O–H groups in total. The molecule has 0 aromatic heterocycles. The van der Waals surface area contributed by atoms with Crippen LogP contribution in [-0.2, 0) is 9.16 Å². The van der Waals surface area contributed by atoms with Gasteiger partial charge in [0.25, 0.3) is 0 Å². The molecule has 0 saturated carbocycles. The number of hydrogen-bond acceptors (Lipinski definition) is 5. The molecule has 0 heterocycles. The van der Waals surface area contributed by atoms with Crippen molar-refractivity contribution in [1.29, 1.82) is 0 Å². The Hall–Kier alpha value is -0.633. The van der Waals surface area contributed by atoms with Crippen LogP contribution in [0, 0.1) is 0 Å². The average molecular weight is 336 g/mol. The summed E-state index contributed by atoms with van der Waals surface area (Å²) in [6, 6.07) is -0.631. The molecule has 0 aliphatic rings. The summed E-state index contributed by atoms with van der Waals surface area (Å²) < 4.78 is 11.3. The second-order valence-electron chi connectivity index (χ2n) is 8.00. The molecule has 0 fully saturated rings. The number of aliphatic hydroxyl groups excluding tert-OH is 2. The molecule has 0 aliphatic carbocycles. The fourth-order valence-corrected chi connectivity index (χ4v) is 2.45. The standard InChI is InChI=1S/C15H33NO5Si/c1-14(2,3)21-13(19)16(11-18)12(9-17)10-20-22(7,8)15(4,5)6/h12,17-18H,9-11H2,1-8H3/t12-/m1/s1. The molecule has 0 aliphatic heterocycles. The highest BCUT2D eigenvalue weighted by Gasteiger charge is 2.38. The van der Waals surface area contributed by atoms with Gasteiger partial charge in [0.2, 0.25) is 0 Å². The maximum atomic E-state index is 12.1. The van der Waals surface area contributed by atoms with Crippen molar-refractivity contribution < 1.29 is 24.2 Å². The Morgan fingerprint density at radius 1 is 1.14 bits per heavy atom. The Kier molecular flexibility index (Phi) is 7.54. The van der Waals surface area contributed by atoms with Crippen molar-refractivity contribution in [3.63, 3.8) is 0 Å². The van der Waals surface area contributed by atoms with Crippen LogP contribution in [0.5, 0.6) is 0 Å². The lowest BCUT2D eigenvalue weighted by Crippen LogP contribution is -2.51. The van der Waals surface area contributed by atoms with Gasteiger partial charge in [0.05, 0.1) is 19.3 Å². The summed E-state index contributed by atoms with van der Waals surface area (Å²) in [6.07, 6.45) is -0.659. The fraction of sp³-hybridized carbons (Fsp3) is 0.933. The number of rotatable bonds is 6. The van der Waals surface area contributed by atoms with Gasteiger partial charge in [0.15, 0.2) is 8.32 Å². The predicted octanol–water partition coefficient (Wildman–Crippen LogP) is 2.56.